The third kappa shape index (κ3) is 3.59. The first-order chi connectivity index (χ1) is 7.95. The Hall–Kier alpha value is -1.30. The van der Waals surface area contributed by atoms with Crippen LogP contribution >= 0.6 is 11.8 Å². The minimum absolute atomic E-state index is 0.107. The Morgan fingerprint density at radius 3 is 2.41 bits per heavy atom. The van der Waals surface area contributed by atoms with Gasteiger partial charge in [-0.05, 0) is 25.3 Å². The predicted octanol–water partition coefficient (Wildman–Crippen LogP) is 2.83. The molecule has 0 saturated carbocycles. The molecule has 17 heavy (non-hydrogen) atoms. The summed E-state index contributed by atoms with van der Waals surface area (Å²) in [6, 6.07) is 1.50. The minimum Gasteiger partial charge on any atom is -0.478 e. The number of halogens is 2. The van der Waals surface area contributed by atoms with Gasteiger partial charge in [-0.25, -0.2) is 13.6 Å². The summed E-state index contributed by atoms with van der Waals surface area (Å²) in [5.41, 5.74) is -0.681. The van der Waals surface area contributed by atoms with Crippen molar-refractivity contribution in [3.05, 3.63) is 29.3 Å². The lowest BCUT2D eigenvalue weighted by atomic mass is 10.1. The number of rotatable bonds is 5. The second-order valence-electron chi connectivity index (χ2n) is 3.62. The van der Waals surface area contributed by atoms with E-state index in [0.29, 0.717) is 5.75 Å². The standard InChI is InChI=1S/C11H13F2NO2S/c1-6(5-17-2)14-10-8(12)3-7(11(15)16)4-9(10)13/h3-4,6,14H,5H2,1-2H3,(H,15,16). The molecule has 0 aromatic heterocycles. The number of anilines is 1. The second kappa shape index (κ2) is 5.86. The van der Waals surface area contributed by atoms with E-state index in [9.17, 15) is 13.6 Å². The van der Waals surface area contributed by atoms with Crippen molar-refractivity contribution in [3.8, 4) is 0 Å². The van der Waals surface area contributed by atoms with Crippen molar-refractivity contribution >= 4 is 23.4 Å². The van der Waals surface area contributed by atoms with Crippen molar-refractivity contribution in [2.75, 3.05) is 17.3 Å². The lowest BCUT2D eigenvalue weighted by Gasteiger charge is -2.15. The van der Waals surface area contributed by atoms with Gasteiger partial charge >= 0.3 is 5.97 Å². The Morgan fingerprint density at radius 1 is 1.47 bits per heavy atom. The third-order valence-corrected chi connectivity index (χ3v) is 2.93. The van der Waals surface area contributed by atoms with Crippen molar-refractivity contribution in [1.29, 1.82) is 0 Å². The number of hydrogen-bond donors (Lipinski definition) is 2. The van der Waals surface area contributed by atoms with Crippen LogP contribution in [0.25, 0.3) is 0 Å². The molecule has 1 aromatic carbocycles. The minimum atomic E-state index is -1.36. The van der Waals surface area contributed by atoms with E-state index in [2.05, 4.69) is 5.32 Å². The molecule has 0 amide bonds. The lowest BCUT2D eigenvalue weighted by Crippen LogP contribution is -2.20. The van der Waals surface area contributed by atoms with Gasteiger partial charge in [0.15, 0.2) is 0 Å². The monoisotopic (exact) mass is 261 g/mol. The highest BCUT2D eigenvalue weighted by molar-refractivity contribution is 7.98. The molecule has 1 unspecified atom stereocenters. The van der Waals surface area contributed by atoms with Crippen molar-refractivity contribution < 1.29 is 18.7 Å². The van der Waals surface area contributed by atoms with Crippen LogP contribution in [0, 0.1) is 11.6 Å². The first kappa shape index (κ1) is 13.8. The number of carbonyl (C=O) groups is 1. The summed E-state index contributed by atoms with van der Waals surface area (Å²) in [6.07, 6.45) is 1.89. The first-order valence-corrected chi connectivity index (χ1v) is 6.33. The van der Waals surface area contributed by atoms with Gasteiger partial charge in [0.1, 0.15) is 17.3 Å². The van der Waals surface area contributed by atoms with E-state index >= 15 is 0 Å². The van der Waals surface area contributed by atoms with Crippen molar-refractivity contribution in [1.82, 2.24) is 0 Å². The van der Waals surface area contributed by atoms with E-state index in [-0.39, 0.29) is 11.7 Å². The third-order valence-electron chi connectivity index (χ3n) is 2.10. The van der Waals surface area contributed by atoms with Gasteiger partial charge in [0.05, 0.1) is 5.56 Å². The maximum Gasteiger partial charge on any atom is 0.335 e. The second-order valence-corrected chi connectivity index (χ2v) is 4.53. The molecule has 0 radical (unpaired) electrons. The zero-order valence-electron chi connectivity index (χ0n) is 9.46. The van der Waals surface area contributed by atoms with Crippen LogP contribution in [0.5, 0.6) is 0 Å². The average Bonchev–Trinajstić information content (AvgIpc) is 2.23. The highest BCUT2D eigenvalue weighted by Gasteiger charge is 2.15. The molecule has 0 aliphatic heterocycles. The van der Waals surface area contributed by atoms with Gasteiger partial charge in [0.25, 0.3) is 0 Å². The number of nitrogens with one attached hydrogen (secondary N) is 1. The van der Waals surface area contributed by atoms with Gasteiger partial charge in [-0.1, -0.05) is 0 Å². The molecule has 1 atom stereocenters. The van der Waals surface area contributed by atoms with Gasteiger partial charge in [-0.2, -0.15) is 11.8 Å². The summed E-state index contributed by atoms with van der Waals surface area (Å²) in [5, 5.41) is 11.3. The molecule has 0 bridgehead atoms. The molecule has 0 saturated heterocycles. The lowest BCUT2D eigenvalue weighted by molar-refractivity contribution is 0.0696. The van der Waals surface area contributed by atoms with E-state index in [0.717, 1.165) is 12.1 Å². The highest BCUT2D eigenvalue weighted by atomic mass is 32.2. The van der Waals surface area contributed by atoms with Crippen LogP contribution in [-0.4, -0.2) is 29.1 Å². The van der Waals surface area contributed by atoms with Gasteiger partial charge in [-0.15, -0.1) is 0 Å². The van der Waals surface area contributed by atoms with Crippen LogP contribution in [0.2, 0.25) is 0 Å². The molecule has 94 valence electrons. The molecule has 0 fully saturated rings. The SMILES string of the molecule is CSCC(C)Nc1c(F)cc(C(=O)O)cc1F. The fourth-order valence-electron chi connectivity index (χ4n) is 1.37. The van der Waals surface area contributed by atoms with Crippen LogP contribution < -0.4 is 5.32 Å². The molecule has 0 aliphatic carbocycles. The van der Waals surface area contributed by atoms with E-state index in [1.807, 2.05) is 6.26 Å². The number of aromatic carboxylic acids is 1. The predicted molar refractivity (Wildman–Crippen MR) is 64.8 cm³/mol. The van der Waals surface area contributed by atoms with Crippen LogP contribution in [0.1, 0.15) is 17.3 Å². The fraction of sp³-hybridized carbons (Fsp3) is 0.364. The summed E-state index contributed by atoms with van der Waals surface area (Å²) in [7, 11) is 0. The molecular weight excluding hydrogens is 248 g/mol. The molecule has 0 heterocycles. The number of hydrogen-bond acceptors (Lipinski definition) is 3. The molecule has 2 N–H and O–H groups in total. The molecule has 3 nitrogen and oxygen atoms in total. The van der Waals surface area contributed by atoms with Gasteiger partial charge in [0.2, 0.25) is 0 Å². The molecule has 0 spiro atoms. The van der Waals surface area contributed by atoms with Gasteiger partial charge in [0, 0.05) is 11.8 Å². The van der Waals surface area contributed by atoms with E-state index < -0.39 is 23.2 Å². The zero-order valence-corrected chi connectivity index (χ0v) is 10.3. The molecule has 0 aliphatic rings. The summed E-state index contributed by atoms with van der Waals surface area (Å²) in [5.74, 6) is -2.45. The normalized spacial score (nSPS) is 12.2. The Morgan fingerprint density at radius 2 is 2.00 bits per heavy atom. The summed E-state index contributed by atoms with van der Waals surface area (Å²) in [6.45, 7) is 1.79. The molecule has 1 rings (SSSR count). The highest BCUT2D eigenvalue weighted by Crippen LogP contribution is 2.22. The summed E-state index contributed by atoms with van der Waals surface area (Å²) >= 11 is 1.55. The van der Waals surface area contributed by atoms with Crippen LogP contribution in [-0.2, 0) is 0 Å². The van der Waals surface area contributed by atoms with Crippen LogP contribution in [0.15, 0.2) is 12.1 Å². The van der Waals surface area contributed by atoms with Crippen molar-refractivity contribution in [3.63, 3.8) is 0 Å². The Bertz CT molecular complexity index is 403. The topological polar surface area (TPSA) is 49.3 Å². The molecule has 6 heteroatoms. The average molecular weight is 261 g/mol. The Kier molecular flexibility index (Phi) is 4.74. The van der Waals surface area contributed by atoms with Crippen molar-refractivity contribution in [2.45, 2.75) is 13.0 Å². The maximum absolute atomic E-state index is 13.5. The largest absolute Gasteiger partial charge is 0.478 e. The van der Waals surface area contributed by atoms with Crippen molar-refractivity contribution in [2.24, 2.45) is 0 Å². The first-order valence-electron chi connectivity index (χ1n) is 4.93. The Labute approximate surface area is 102 Å². The number of thioether (sulfide) groups is 1. The van der Waals surface area contributed by atoms with Gasteiger partial charge < -0.3 is 10.4 Å². The fourth-order valence-corrected chi connectivity index (χ4v) is 1.96. The van der Waals surface area contributed by atoms with E-state index in [1.54, 1.807) is 18.7 Å². The smallest absolute Gasteiger partial charge is 0.335 e. The number of carboxylic acids is 1. The van der Waals surface area contributed by atoms with Crippen LogP contribution in [0.3, 0.4) is 0 Å². The van der Waals surface area contributed by atoms with Crippen LogP contribution in [0.4, 0.5) is 14.5 Å². The summed E-state index contributed by atoms with van der Waals surface area (Å²) in [4.78, 5) is 10.6. The van der Waals surface area contributed by atoms with E-state index in [1.165, 1.54) is 0 Å². The maximum atomic E-state index is 13.5. The zero-order chi connectivity index (χ0) is 13.0. The quantitative estimate of drug-likeness (QED) is 0.855. The molecule has 1 aromatic rings. The number of carboxylic acid groups (broad SMARTS) is 1. The van der Waals surface area contributed by atoms with Gasteiger partial charge in [-0.3, -0.25) is 0 Å². The van der Waals surface area contributed by atoms with E-state index in [4.69, 9.17) is 5.11 Å². The molecular formula is C11H13F2NO2S. The number of benzene rings is 1. The Balaban J connectivity index is 2.97. The summed E-state index contributed by atoms with van der Waals surface area (Å²) < 4.78 is 27.0.